The third kappa shape index (κ3) is 3.76. The highest BCUT2D eigenvalue weighted by Crippen LogP contribution is 2.07. The van der Waals surface area contributed by atoms with Crippen LogP contribution in [-0.2, 0) is 13.0 Å². The van der Waals surface area contributed by atoms with Crippen LogP contribution in [0.15, 0.2) is 49.1 Å². The van der Waals surface area contributed by atoms with Gasteiger partial charge in [0, 0.05) is 24.7 Å². The molecule has 0 unspecified atom stereocenters. The fraction of sp³-hybridized carbons (Fsp3) is 0.267. The first-order valence-electron chi connectivity index (χ1n) is 7.06. The molecule has 3 rings (SSSR count). The molecule has 0 aliphatic carbocycles. The molecule has 0 radical (unpaired) electrons. The molecule has 0 atom stereocenters. The fourth-order valence-corrected chi connectivity index (χ4v) is 2.14. The summed E-state index contributed by atoms with van der Waals surface area (Å²) in [4.78, 5) is 4.10. The van der Waals surface area contributed by atoms with Crippen molar-refractivity contribution in [3.8, 4) is 5.69 Å². The molecular formula is C15H18N6. The van der Waals surface area contributed by atoms with Gasteiger partial charge < -0.3 is 5.32 Å². The van der Waals surface area contributed by atoms with Crippen LogP contribution in [0.25, 0.3) is 5.69 Å². The molecule has 0 saturated carbocycles. The van der Waals surface area contributed by atoms with Crippen molar-refractivity contribution < 1.29 is 0 Å². The number of hydrogen-bond acceptors (Lipinski definition) is 4. The van der Waals surface area contributed by atoms with Gasteiger partial charge in [0.05, 0.1) is 11.9 Å². The third-order valence-electron chi connectivity index (χ3n) is 3.22. The summed E-state index contributed by atoms with van der Waals surface area (Å²) in [6.45, 7) is 1.76. The molecule has 0 fully saturated rings. The monoisotopic (exact) mass is 282 g/mol. The number of nitrogens with one attached hydrogen (secondary N) is 2. The Balaban J connectivity index is 1.43. The van der Waals surface area contributed by atoms with Crippen LogP contribution < -0.4 is 5.32 Å². The number of hydrogen-bond donors (Lipinski definition) is 2. The third-order valence-corrected chi connectivity index (χ3v) is 3.22. The Hall–Kier alpha value is -2.47. The molecule has 6 nitrogen and oxygen atoms in total. The van der Waals surface area contributed by atoms with Gasteiger partial charge in [-0.3, -0.25) is 5.10 Å². The number of rotatable bonds is 7. The van der Waals surface area contributed by atoms with E-state index >= 15 is 0 Å². The number of para-hydroxylation sites is 1. The topological polar surface area (TPSA) is 71.4 Å². The van der Waals surface area contributed by atoms with E-state index < -0.39 is 0 Å². The van der Waals surface area contributed by atoms with E-state index in [0.29, 0.717) is 0 Å². The second kappa shape index (κ2) is 6.81. The van der Waals surface area contributed by atoms with E-state index in [0.717, 1.165) is 37.4 Å². The van der Waals surface area contributed by atoms with Crippen molar-refractivity contribution in [3.63, 3.8) is 0 Å². The van der Waals surface area contributed by atoms with Gasteiger partial charge in [-0.1, -0.05) is 18.2 Å². The standard InChI is InChI=1S/C15H18N6/c1-2-5-14(6-3-1)21-11-13(10-19-21)9-16-8-4-7-15-17-12-18-20-15/h1-3,5-6,10-12,16H,4,7-9H2,(H,17,18,20). The normalized spacial score (nSPS) is 10.9. The Bertz CT molecular complexity index is 644. The van der Waals surface area contributed by atoms with Crippen LogP contribution in [0, 0.1) is 0 Å². The largest absolute Gasteiger partial charge is 0.313 e. The molecule has 0 aliphatic heterocycles. The van der Waals surface area contributed by atoms with Crippen molar-refractivity contribution in [1.29, 1.82) is 0 Å². The molecule has 1 aromatic carbocycles. The van der Waals surface area contributed by atoms with Gasteiger partial charge in [-0.15, -0.1) is 0 Å². The lowest BCUT2D eigenvalue weighted by atomic mass is 10.3. The average Bonchev–Trinajstić information content (AvgIpc) is 3.19. The minimum atomic E-state index is 0.823. The van der Waals surface area contributed by atoms with Gasteiger partial charge in [0.15, 0.2) is 0 Å². The number of aryl methyl sites for hydroxylation is 1. The molecule has 0 aliphatic rings. The molecule has 21 heavy (non-hydrogen) atoms. The van der Waals surface area contributed by atoms with E-state index in [-0.39, 0.29) is 0 Å². The number of aromatic amines is 1. The minimum Gasteiger partial charge on any atom is -0.313 e. The van der Waals surface area contributed by atoms with Gasteiger partial charge >= 0.3 is 0 Å². The SMILES string of the molecule is c1ccc(-n2cc(CNCCCc3ncn[nH]3)cn2)cc1. The van der Waals surface area contributed by atoms with E-state index in [1.165, 1.54) is 5.56 Å². The molecule has 2 N–H and O–H groups in total. The highest BCUT2D eigenvalue weighted by atomic mass is 15.3. The molecule has 0 bridgehead atoms. The van der Waals surface area contributed by atoms with Crippen molar-refractivity contribution in [2.45, 2.75) is 19.4 Å². The van der Waals surface area contributed by atoms with Crippen molar-refractivity contribution >= 4 is 0 Å². The van der Waals surface area contributed by atoms with Crippen molar-refractivity contribution in [3.05, 3.63) is 60.4 Å². The lowest BCUT2D eigenvalue weighted by molar-refractivity contribution is 0.639. The summed E-state index contributed by atoms with van der Waals surface area (Å²) < 4.78 is 1.89. The summed E-state index contributed by atoms with van der Waals surface area (Å²) in [5, 5.41) is 14.5. The van der Waals surface area contributed by atoms with Crippen molar-refractivity contribution in [2.75, 3.05) is 6.54 Å². The van der Waals surface area contributed by atoms with E-state index in [1.54, 1.807) is 6.33 Å². The Morgan fingerprint density at radius 3 is 2.90 bits per heavy atom. The molecular weight excluding hydrogens is 264 g/mol. The zero-order valence-corrected chi connectivity index (χ0v) is 11.7. The van der Waals surface area contributed by atoms with Gasteiger partial charge in [-0.25, -0.2) is 9.67 Å². The van der Waals surface area contributed by atoms with E-state index in [9.17, 15) is 0 Å². The number of benzene rings is 1. The molecule has 0 spiro atoms. The Morgan fingerprint density at radius 1 is 1.19 bits per heavy atom. The molecule has 6 heteroatoms. The predicted molar refractivity (Wildman–Crippen MR) is 80.0 cm³/mol. The summed E-state index contributed by atoms with van der Waals surface area (Å²) in [6, 6.07) is 10.1. The van der Waals surface area contributed by atoms with Gasteiger partial charge in [0.2, 0.25) is 0 Å². The molecule has 0 saturated heterocycles. The summed E-state index contributed by atoms with van der Waals surface area (Å²) in [5.74, 6) is 0.939. The predicted octanol–water partition coefficient (Wildman–Crippen LogP) is 1.71. The molecule has 0 amide bonds. The summed E-state index contributed by atoms with van der Waals surface area (Å²) >= 11 is 0. The average molecular weight is 282 g/mol. The van der Waals surface area contributed by atoms with Crippen LogP contribution in [0.4, 0.5) is 0 Å². The summed E-state index contributed by atoms with van der Waals surface area (Å²) in [7, 11) is 0. The molecule has 2 heterocycles. The maximum Gasteiger partial charge on any atom is 0.137 e. The maximum atomic E-state index is 4.38. The zero-order chi connectivity index (χ0) is 14.3. The fourth-order valence-electron chi connectivity index (χ4n) is 2.14. The van der Waals surface area contributed by atoms with Crippen LogP contribution in [0.1, 0.15) is 17.8 Å². The Kier molecular flexibility index (Phi) is 4.38. The highest BCUT2D eigenvalue weighted by Gasteiger charge is 2.00. The Labute approximate surface area is 123 Å². The van der Waals surface area contributed by atoms with E-state index in [1.807, 2.05) is 41.2 Å². The Morgan fingerprint density at radius 2 is 2.10 bits per heavy atom. The first kappa shape index (κ1) is 13.5. The van der Waals surface area contributed by atoms with E-state index in [4.69, 9.17) is 0 Å². The van der Waals surface area contributed by atoms with Crippen LogP contribution >= 0.6 is 0 Å². The first-order chi connectivity index (χ1) is 10.4. The van der Waals surface area contributed by atoms with Gasteiger partial charge in [-0.2, -0.15) is 10.2 Å². The summed E-state index contributed by atoms with van der Waals surface area (Å²) in [5.41, 5.74) is 2.26. The highest BCUT2D eigenvalue weighted by molar-refractivity contribution is 5.30. The van der Waals surface area contributed by atoms with Crippen molar-refractivity contribution in [2.24, 2.45) is 0 Å². The smallest absolute Gasteiger partial charge is 0.137 e. The van der Waals surface area contributed by atoms with Gasteiger partial charge in [0.1, 0.15) is 12.2 Å². The van der Waals surface area contributed by atoms with Crippen LogP contribution in [0.2, 0.25) is 0 Å². The number of nitrogens with zero attached hydrogens (tertiary/aromatic N) is 4. The lowest BCUT2D eigenvalue weighted by Gasteiger charge is -2.02. The lowest BCUT2D eigenvalue weighted by Crippen LogP contribution is -2.15. The number of H-pyrrole nitrogens is 1. The van der Waals surface area contributed by atoms with Crippen LogP contribution in [-0.4, -0.2) is 31.5 Å². The van der Waals surface area contributed by atoms with Crippen LogP contribution in [0.5, 0.6) is 0 Å². The molecule has 2 aromatic heterocycles. The van der Waals surface area contributed by atoms with Crippen molar-refractivity contribution in [1.82, 2.24) is 30.3 Å². The second-order valence-electron chi connectivity index (χ2n) is 4.84. The molecule has 3 aromatic rings. The minimum absolute atomic E-state index is 0.823. The second-order valence-corrected chi connectivity index (χ2v) is 4.84. The van der Waals surface area contributed by atoms with Crippen LogP contribution in [0.3, 0.4) is 0 Å². The quantitative estimate of drug-likeness (QED) is 0.647. The molecule has 108 valence electrons. The summed E-state index contributed by atoms with van der Waals surface area (Å²) in [6.07, 6.45) is 7.44. The maximum absolute atomic E-state index is 4.38. The zero-order valence-electron chi connectivity index (χ0n) is 11.7. The van der Waals surface area contributed by atoms with Gasteiger partial charge in [0.25, 0.3) is 0 Å². The van der Waals surface area contributed by atoms with E-state index in [2.05, 4.69) is 31.8 Å². The van der Waals surface area contributed by atoms with Gasteiger partial charge in [-0.05, 0) is 25.1 Å². The number of aromatic nitrogens is 5. The first-order valence-corrected chi connectivity index (χ1v) is 7.06.